The molecule has 2 aliphatic heterocycles. The van der Waals surface area contributed by atoms with E-state index in [9.17, 15) is 0 Å². The lowest BCUT2D eigenvalue weighted by atomic mass is 9.63. The summed E-state index contributed by atoms with van der Waals surface area (Å²) in [7, 11) is 0. The number of fused-ring (bicyclic) bond motifs is 2. The molecule has 1 N–H and O–H groups in total. The third kappa shape index (κ3) is 4.28. The number of pyridine rings is 2. The number of nitrogens with zero attached hydrogens (tertiary/aromatic N) is 3. The van der Waals surface area contributed by atoms with Crippen LogP contribution in [0, 0.1) is 5.92 Å². The van der Waals surface area contributed by atoms with Crippen molar-refractivity contribution in [1.82, 2.24) is 20.2 Å². The number of hydrogen-bond acceptors (Lipinski definition) is 5. The van der Waals surface area contributed by atoms with Crippen LogP contribution in [0.5, 0.6) is 5.88 Å². The van der Waals surface area contributed by atoms with Crippen molar-refractivity contribution in [2.75, 3.05) is 26.2 Å². The van der Waals surface area contributed by atoms with Crippen LogP contribution in [-0.2, 0) is 18.5 Å². The largest absolute Gasteiger partial charge is 0.477 e. The van der Waals surface area contributed by atoms with E-state index in [1.165, 1.54) is 23.2 Å². The third-order valence-electron chi connectivity index (χ3n) is 7.45. The van der Waals surface area contributed by atoms with Gasteiger partial charge in [0.05, 0.1) is 23.6 Å². The van der Waals surface area contributed by atoms with Crippen molar-refractivity contribution in [3.8, 4) is 17.1 Å². The van der Waals surface area contributed by atoms with Gasteiger partial charge < -0.3 is 10.1 Å². The first-order valence-electron chi connectivity index (χ1n) is 12.3. The second-order valence-electron chi connectivity index (χ2n) is 9.32. The first kappa shape index (κ1) is 22.1. The van der Waals surface area contributed by atoms with Gasteiger partial charge in [0.1, 0.15) is 0 Å². The Morgan fingerprint density at radius 2 is 1.97 bits per heavy atom. The molecular formula is C28H34N4O. The summed E-state index contributed by atoms with van der Waals surface area (Å²) < 4.78 is 5.77. The van der Waals surface area contributed by atoms with Crippen molar-refractivity contribution in [2.45, 2.75) is 45.2 Å². The fraction of sp³-hybridized carbons (Fsp3) is 0.429. The molecular weight excluding hydrogens is 408 g/mol. The summed E-state index contributed by atoms with van der Waals surface area (Å²) in [6, 6.07) is 19.4. The smallest absolute Gasteiger partial charge is 0.222 e. The normalized spacial score (nSPS) is 22.8. The second-order valence-corrected chi connectivity index (χ2v) is 9.32. The van der Waals surface area contributed by atoms with E-state index >= 15 is 0 Å². The van der Waals surface area contributed by atoms with Gasteiger partial charge in [-0.1, -0.05) is 49.7 Å². The van der Waals surface area contributed by atoms with E-state index in [-0.39, 0.29) is 5.41 Å². The van der Waals surface area contributed by atoms with Crippen molar-refractivity contribution in [3.63, 3.8) is 0 Å². The van der Waals surface area contributed by atoms with Gasteiger partial charge >= 0.3 is 0 Å². The Morgan fingerprint density at radius 1 is 1.09 bits per heavy atom. The van der Waals surface area contributed by atoms with Crippen LogP contribution in [0.1, 0.15) is 43.5 Å². The number of nitrogens with one attached hydrogen (secondary N) is 1. The van der Waals surface area contributed by atoms with Gasteiger partial charge in [-0.25, -0.2) is 4.98 Å². The highest BCUT2D eigenvalue weighted by Crippen LogP contribution is 2.45. The Hall–Kier alpha value is -2.76. The zero-order chi connectivity index (χ0) is 22.7. The highest BCUT2D eigenvalue weighted by atomic mass is 16.5. The molecule has 3 aromatic rings. The maximum Gasteiger partial charge on any atom is 0.222 e. The van der Waals surface area contributed by atoms with Crippen LogP contribution in [-0.4, -0.2) is 41.1 Å². The molecule has 2 unspecified atom stereocenters. The van der Waals surface area contributed by atoms with Crippen molar-refractivity contribution in [2.24, 2.45) is 5.92 Å². The molecule has 2 atom stereocenters. The highest BCUT2D eigenvalue weighted by Gasteiger charge is 2.46. The lowest BCUT2D eigenvalue weighted by Gasteiger charge is -2.50. The van der Waals surface area contributed by atoms with E-state index in [4.69, 9.17) is 9.72 Å². The number of ether oxygens (including phenoxy) is 1. The first-order valence-corrected chi connectivity index (χ1v) is 12.3. The molecule has 172 valence electrons. The molecule has 2 aliphatic rings. The minimum absolute atomic E-state index is 0.152. The number of likely N-dealkylation sites (tertiary alicyclic amines) is 1. The van der Waals surface area contributed by atoms with Crippen molar-refractivity contribution in [1.29, 1.82) is 0 Å². The number of rotatable bonds is 6. The van der Waals surface area contributed by atoms with Crippen LogP contribution in [0.4, 0.5) is 0 Å². The predicted octanol–water partition coefficient (Wildman–Crippen LogP) is 4.82. The molecule has 33 heavy (non-hydrogen) atoms. The minimum atomic E-state index is 0.152. The lowest BCUT2D eigenvalue weighted by Crippen LogP contribution is -2.56. The molecule has 4 heterocycles. The summed E-state index contributed by atoms with van der Waals surface area (Å²) in [4.78, 5) is 12.2. The van der Waals surface area contributed by atoms with Crippen molar-refractivity contribution >= 4 is 0 Å². The molecule has 5 heteroatoms. The summed E-state index contributed by atoms with van der Waals surface area (Å²) in [5.41, 5.74) is 6.08. The molecule has 1 aromatic carbocycles. The minimum Gasteiger partial charge on any atom is -0.477 e. The van der Waals surface area contributed by atoms with Gasteiger partial charge in [0, 0.05) is 37.8 Å². The van der Waals surface area contributed by atoms with Gasteiger partial charge in [0.25, 0.3) is 0 Å². The Labute approximate surface area is 197 Å². The molecule has 0 amide bonds. The lowest BCUT2D eigenvalue weighted by molar-refractivity contribution is 0.0751. The molecule has 1 fully saturated rings. The van der Waals surface area contributed by atoms with E-state index in [1.807, 2.05) is 13.0 Å². The summed E-state index contributed by atoms with van der Waals surface area (Å²) in [5, 5.41) is 3.72. The van der Waals surface area contributed by atoms with Crippen molar-refractivity contribution < 1.29 is 4.74 Å². The van der Waals surface area contributed by atoms with Crippen LogP contribution in [0.3, 0.4) is 0 Å². The molecule has 5 rings (SSSR count). The van der Waals surface area contributed by atoms with E-state index in [1.54, 1.807) is 6.20 Å². The fourth-order valence-corrected chi connectivity index (χ4v) is 5.81. The molecule has 2 aromatic heterocycles. The Morgan fingerprint density at radius 3 is 2.79 bits per heavy atom. The summed E-state index contributed by atoms with van der Waals surface area (Å²) >= 11 is 0. The topological polar surface area (TPSA) is 50.3 Å². The molecule has 1 saturated heterocycles. The standard InChI is InChI=1S/C28H34N4O/c1-3-22-19-32(18-21-9-6-5-7-10-21)16-14-28(22)20-29-17-26-24(28)12-13-25(31-26)23-11-8-15-30-27(23)33-4-2/h5-13,15,22,29H,3-4,14,16-20H2,1-2H3. The van der Waals surface area contributed by atoms with Gasteiger partial charge in [-0.05, 0) is 55.1 Å². The van der Waals surface area contributed by atoms with Crippen LogP contribution >= 0.6 is 0 Å². The SMILES string of the molecule is CCOc1ncccc1-c1ccc2c(n1)CNCC21CCN(Cc2ccccc2)CC1CC. The third-order valence-corrected chi connectivity index (χ3v) is 7.45. The molecule has 5 nitrogen and oxygen atoms in total. The zero-order valence-electron chi connectivity index (χ0n) is 19.8. The summed E-state index contributed by atoms with van der Waals surface area (Å²) in [6.45, 7) is 10.1. The van der Waals surface area contributed by atoms with Crippen LogP contribution in [0.2, 0.25) is 0 Å². The zero-order valence-corrected chi connectivity index (χ0v) is 19.8. The van der Waals surface area contributed by atoms with Crippen LogP contribution in [0.15, 0.2) is 60.8 Å². The van der Waals surface area contributed by atoms with Crippen LogP contribution < -0.4 is 10.1 Å². The number of benzene rings is 1. The number of hydrogen-bond donors (Lipinski definition) is 1. The molecule has 0 radical (unpaired) electrons. The monoisotopic (exact) mass is 442 g/mol. The Balaban J connectivity index is 1.43. The maximum atomic E-state index is 5.77. The predicted molar refractivity (Wildman–Crippen MR) is 132 cm³/mol. The molecule has 1 spiro atoms. The summed E-state index contributed by atoms with van der Waals surface area (Å²) in [5.74, 6) is 1.26. The second kappa shape index (κ2) is 9.62. The number of aromatic nitrogens is 2. The average Bonchev–Trinajstić information content (AvgIpc) is 2.86. The van der Waals surface area contributed by atoms with E-state index < -0.39 is 0 Å². The quantitative estimate of drug-likeness (QED) is 0.593. The average molecular weight is 443 g/mol. The van der Waals surface area contributed by atoms with E-state index in [2.05, 4.69) is 70.7 Å². The summed E-state index contributed by atoms with van der Waals surface area (Å²) in [6.07, 6.45) is 4.11. The van der Waals surface area contributed by atoms with Gasteiger partial charge in [0.15, 0.2) is 0 Å². The van der Waals surface area contributed by atoms with Gasteiger partial charge in [0.2, 0.25) is 5.88 Å². The van der Waals surface area contributed by atoms with Crippen LogP contribution in [0.25, 0.3) is 11.3 Å². The highest BCUT2D eigenvalue weighted by molar-refractivity contribution is 5.65. The van der Waals surface area contributed by atoms with Gasteiger partial charge in [-0.15, -0.1) is 0 Å². The first-order chi connectivity index (χ1) is 16.2. The van der Waals surface area contributed by atoms with Gasteiger partial charge in [-0.3, -0.25) is 9.88 Å². The fourth-order valence-electron chi connectivity index (χ4n) is 5.81. The maximum absolute atomic E-state index is 5.77. The molecule has 0 saturated carbocycles. The van der Waals surface area contributed by atoms with E-state index in [0.717, 1.165) is 50.4 Å². The van der Waals surface area contributed by atoms with E-state index in [0.29, 0.717) is 18.4 Å². The molecule has 0 bridgehead atoms. The molecule has 0 aliphatic carbocycles. The van der Waals surface area contributed by atoms with Gasteiger partial charge in [-0.2, -0.15) is 0 Å². The Kier molecular flexibility index (Phi) is 6.43. The number of piperidine rings is 1. The van der Waals surface area contributed by atoms with Crippen molar-refractivity contribution in [3.05, 3.63) is 77.6 Å². The Bertz CT molecular complexity index is 1090.